The van der Waals surface area contributed by atoms with Crippen LogP contribution in [0.2, 0.25) is 0 Å². The van der Waals surface area contributed by atoms with Crippen LogP contribution in [-0.2, 0) is 25.1 Å². The summed E-state index contributed by atoms with van der Waals surface area (Å²) in [5, 5.41) is 0. The smallest absolute Gasteiger partial charge is 0.193 e. The third kappa shape index (κ3) is 4.51. The summed E-state index contributed by atoms with van der Waals surface area (Å²) in [6.07, 6.45) is -0.760. The second-order valence-electron chi connectivity index (χ2n) is 8.88. The standard InChI is InChI=1S/C24H30O5S/c1-7-30(26,27)15-17-10-13-19(21(25)18-11-8-16(2)9-12-18)20(14-17)22-28-23(3,4)24(5,6)29-22/h8-14,22H,7,15H2,1-6H3. The van der Waals surface area contributed by atoms with E-state index in [1.54, 1.807) is 37.3 Å². The van der Waals surface area contributed by atoms with Gasteiger partial charge in [0.15, 0.2) is 21.9 Å². The van der Waals surface area contributed by atoms with Crippen LogP contribution in [0.5, 0.6) is 0 Å². The highest BCUT2D eigenvalue weighted by atomic mass is 32.2. The molecular formula is C24H30O5S. The molecule has 1 aliphatic heterocycles. The molecule has 30 heavy (non-hydrogen) atoms. The molecule has 162 valence electrons. The Morgan fingerprint density at radius 1 is 0.967 bits per heavy atom. The minimum absolute atomic E-state index is 0.0584. The topological polar surface area (TPSA) is 69.7 Å². The molecule has 3 rings (SSSR count). The van der Waals surface area contributed by atoms with E-state index in [1.165, 1.54) is 0 Å². The monoisotopic (exact) mass is 430 g/mol. The number of aryl methyl sites for hydroxylation is 1. The molecule has 6 heteroatoms. The summed E-state index contributed by atoms with van der Waals surface area (Å²) in [4.78, 5) is 13.3. The van der Waals surface area contributed by atoms with Crippen LogP contribution in [0.1, 0.15) is 73.5 Å². The molecule has 0 atom stereocenters. The van der Waals surface area contributed by atoms with Crippen LogP contribution in [0.25, 0.3) is 0 Å². The number of ketones is 1. The molecule has 1 saturated heterocycles. The number of carbonyl (C=O) groups excluding carboxylic acids is 1. The van der Waals surface area contributed by atoms with Gasteiger partial charge in [-0.15, -0.1) is 0 Å². The summed E-state index contributed by atoms with van der Waals surface area (Å²) in [6, 6.07) is 12.5. The number of hydrogen-bond acceptors (Lipinski definition) is 5. The molecule has 2 aromatic carbocycles. The van der Waals surface area contributed by atoms with E-state index in [1.807, 2.05) is 46.8 Å². The molecular weight excluding hydrogens is 400 g/mol. The first-order chi connectivity index (χ1) is 13.9. The van der Waals surface area contributed by atoms with E-state index in [2.05, 4.69) is 0 Å². The first-order valence-electron chi connectivity index (χ1n) is 10.2. The van der Waals surface area contributed by atoms with Crippen LogP contribution in [0, 0.1) is 6.92 Å². The molecule has 0 aliphatic carbocycles. The van der Waals surface area contributed by atoms with Gasteiger partial charge in [-0.25, -0.2) is 8.42 Å². The molecule has 1 aliphatic rings. The highest BCUT2D eigenvalue weighted by Gasteiger charge is 2.50. The third-order valence-electron chi connectivity index (χ3n) is 6.01. The fraction of sp³-hybridized carbons (Fsp3) is 0.458. The Morgan fingerprint density at radius 2 is 1.53 bits per heavy atom. The van der Waals surface area contributed by atoms with Gasteiger partial charge in [-0.3, -0.25) is 4.79 Å². The number of sulfone groups is 1. The van der Waals surface area contributed by atoms with E-state index >= 15 is 0 Å². The van der Waals surface area contributed by atoms with Gasteiger partial charge in [-0.2, -0.15) is 0 Å². The second-order valence-corrected chi connectivity index (χ2v) is 11.2. The van der Waals surface area contributed by atoms with Crippen LogP contribution in [-0.4, -0.2) is 31.2 Å². The van der Waals surface area contributed by atoms with Gasteiger partial charge in [0.2, 0.25) is 0 Å². The van der Waals surface area contributed by atoms with Crippen LogP contribution < -0.4 is 0 Å². The minimum Gasteiger partial charge on any atom is -0.339 e. The van der Waals surface area contributed by atoms with Crippen molar-refractivity contribution in [3.05, 3.63) is 70.3 Å². The van der Waals surface area contributed by atoms with Crippen LogP contribution in [0.3, 0.4) is 0 Å². The normalized spacial score (nSPS) is 18.5. The molecule has 0 radical (unpaired) electrons. The summed E-state index contributed by atoms with van der Waals surface area (Å²) in [6.45, 7) is 11.4. The van der Waals surface area contributed by atoms with Crippen molar-refractivity contribution in [2.45, 2.75) is 64.8 Å². The zero-order valence-electron chi connectivity index (χ0n) is 18.5. The molecule has 0 spiro atoms. The van der Waals surface area contributed by atoms with Gasteiger partial charge in [0.05, 0.1) is 17.0 Å². The number of benzene rings is 2. The van der Waals surface area contributed by atoms with Crippen molar-refractivity contribution in [1.29, 1.82) is 0 Å². The zero-order chi connectivity index (χ0) is 22.3. The third-order valence-corrected chi connectivity index (χ3v) is 7.66. The van der Waals surface area contributed by atoms with Crippen LogP contribution >= 0.6 is 0 Å². The maximum absolute atomic E-state index is 13.3. The molecule has 0 bridgehead atoms. The van der Waals surface area contributed by atoms with E-state index < -0.39 is 27.3 Å². The van der Waals surface area contributed by atoms with Gasteiger partial charge in [0.25, 0.3) is 0 Å². The van der Waals surface area contributed by atoms with E-state index in [9.17, 15) is 13.2 Å². The van der Waals surface area contributed by atoms with Crippen LogP contribution in [0.15, 0.2) is 42.5 Å². The summed E-state index contributed by atoms with van der Waals surface area (Å²) < 4.78 is 36.7. The van der Waals surface area contributed by atoms with Crippen molar-refractivity contribution < 1.29 is 22.7 Å². The van der Waals surface area contributed by atoms with Crippen molar-refractivity contribution in [3.8, 4) is 0 Å². The highest BCUT2D eigenvalue weighted by Crippen LogP contribution is 2.45. The largest absolute Gasteiger partial charge is 0.339 e. The zero-order valence-corrected chi connectivity index (χ0v) is 19.3. The predicted octanol–water partition coefficient (Wildman–Crippen LogP) is 4.76. The lowest BCUT2D eigenvalue weighted by molar-refractivity contribution is -0.0898. The summed E-state index contributed by atoms with van der Waals surface area (Å²) in [5.74, 6) is -0.178. The van der Waals surface area contributed by atoms with Gasteiger partial charge in [-0.05, 0) is 46.2 Å². The highest BCUT2D eigenvalue weighted by molar-refractivity contribution is 7.90. The number of rotatable bonds is 6. The van der Waals surface area contributed by atoms with E-state index in [0.717, 1.165) is 5.56 Å². The van der Waals surface area contributed by atoms with Crippen molar-refractivity contribution in [2.24, 2.45) is 0 Å². The maximum Gasteiger partial charge on any atom is 0.193 e. The molecule has 0 saturated carbocycles. The summed E-state index contributed by atoms with van der Waals surface area (Å²) in [5.41, 5.74) is 2.10. The average molecular weight is 431 g/mol. The van der Waals surface area contributed by atoms with Gasteiger partial charge in [0.1, 0.15) is 0 Å². The average Bonchev–Trinajstić information content (AvgIpc) is 2.89. The molecule has 0 aromatic heterocycles. The van der Waals surface area contributed by atoms with E-state index in [-0.39, 0.29) is 17.3 Å². The SMILES string of the molecule is CCS(=O)(=O)Cc1ccc(C(=O)c2ccc(C)cc2)c(C2OC(C)(C)C(C)(C)O2)c1. The van der Waals surface area contributed by atoms with Gasteiger partial charge in [-0.1, -0.05) is 48.9 Å². The fourth-order valence-corrected chi connectivity index (χ4v) is 4.18. The molecule has 2 aromatic rings. The summed E-state index contributed by atoms with van der Waals surface area (Å²) in [7, 11) is -3.22. The number of hydrogen-bond donors (Lipinski definition) is 0. The lowest BCUT2D eigenvalue weighted by Gasteiger charge is -2.30. The lowest BCUT2D eigenvalue weighted by atomic mass is 9.90. The first-order valence-corrected chi connectivity index (χ1v) is 12.0. The lowest BCUT2D eigenvalue weighted by Crippen LogP contribution is -2.41. The maximum atomic E-state index is 13.3. The van der Waals surface area contributed by atoms with Crippen molar-refractivity contribution in [2.75, 3.05) is 5.75 Å². The Balaban J connectivity index is 2.08. The quantitative estimate of drug-likeness (QED) is 0.618. The molecule has 0 amide bonds. The van der Waals surface area contributed by atoms with E-state index in [4.69, 9.17) is 9.47 Å². The van der Waals surface area contributed by atoms with Crippen molar-refractivity contribution in [3.63, 3.8) is 0 Å². The van der Waals surface area contributed by atoms with Gasteiger partial charge < -0.3 is 9.47 Å². The predicted molar refractivity (Wildman–Crippen MR) is 117 cm³/mol. The number of ether oxygens (including phenoxy) is 2. The molecule has 1 heterocycles. The van der Waals surface area contributed by atoms with Crippen molar-refractivity contribution in [1.82, 2.24) is 0 Å². The van der Waals surface area contributed by atoms with E-state index in [0.29, 0.717) is 22.3 Å². The minimum atomic E-state index is -3.22. The Kier molecular flexibility index (Phi) is 5.98. The Bertz CT molecular complexity index is 1030. The van der Waals surface area contributed by atoms with Gasteiger partial charge >= 0.3 is 0 Å². The Hall–Kier alpha value is -2.02. The Labute approximate surface area is 179 Å². The molecule has 0 unspecified atom stereocenters. The summed E-state index contributed by atoms with van der Waals surface area (Å²) >= 11 is 0. The molecule has 5 nitrogen and oxygen atoms in total. The van der Waals surface area contributed by atoms with Crippen molar-refractivity contribution >= 4 is 15.6 Å². The second kappa shape index (κ2) is 7.91. The fourth-order valence-electron chi connectivity index (χ4n) is 3.29. The van der Waals surface area contributed by atoms with Gasteiger partial charge in [0, 0.05) is 22.4 Å². The first kappa shape index (κ1) is 22.7. The number of carbonyl (C=O) groups is 1. The Morgan fingerprint density at radius 3 is 2.07 bits per heavy atom. The molecule has 0 N–H and O–H groups in total. The van der Waals surface area contributed by atoms with Crippen LogP contribution in [0.4, 0.5) is 0 Å². The molecule has 1 fully saturated rings.